The molecule has 1 rings (SSSR count). The van der Waals surface area contributed by atoms with Gasteiger partial charge in [-0.2, -0.15) is 0 Å². The molecule has 0 radical (unpaired) electrons. The molecule has 0 aliphatic heterocycles. The van der Waals surface area contributed by atoms with Crippen molar-refractivity contribution in [3.8, 4) is 12.3 Å². The van der Waals surface area contributed by atoms with Gasteiger partial charge in [-0.25, -0.2) is 4.39 Å². The van der Waals surface area contributed by atoms with Gasteiger partial charge in [0, 0.05) is 5.56 Å². The highest BCUT2D eigenvalue weighted by molar-refractivity contribution is 5.94. The van der Waals surface area contributed by atoms with E-state index in [0.717, 1.165) is 0 Å². The van der Waals surface area contributed by atoms with Crippen LogP contribution in [-0.2, 0) is 0 Å². The lowest BCUT2D eigenvalue weighted by Crippen LogP contribution is -2.33. The van der Waals surface area contributed by atoms with Crippen molar-refractivity contribution in [1.29, 1.82) is 0 Å². The lowest BCUT2D eigenvalue weighted by atomic mass is 10.1. The average molecular weight is 205 g/mol. The quantitative estimate of drug-likeness (QED) is 0.751. The van der Waals surface area contributed by atoms with Crippen molar-refractivity contribution in [3.05, 3.63) is 35.6 Å². The van der Waals surface area contributed by atoms with Crippen molar-refractivity contribution in [3.63, 3.8) is 0 Å². The maximum atomic E-state index is 12.8. The summed E-state index contributed by atoms with van der Waals surface area (Å²) in [6.07, 6.45) is 5.85. The first-order valence-electron chi connectivity index (χ1n) is 4.70. The highest BCUT2D eigenvalue weighted by Gasteiger charge is 2.09. The molecule has 1 unspecified atom stereocenters. The van der Waals surface area contributed by atoms with Crippen LogP contribution in [0.5, 0.6) is 0 Å². The molecule has 0 saturated carbocycles. The number of terminal acetylenes is 1. The Kier molecular flexibility index (Phi) is 3.87. The molecule has 1 aromatic rings. The molecular weight excluding hydrogens is 193 g/mol. The standard InChI is InChI=1S/C12H12FNO/c1-3-11(4-2)14-12(15)9-6-5-7-10(13)8-9/h1,5-8,11H,4H2,2H3,(H,14,15). The van der Waals surface area contributed by atoms with Gasteiger partial charge in [0.1, 0.15) is 5.82 Å². The maximum absolute atomic E-state index is 12.8. The first-order valence-corrected chi connectivity index (χ1v) is 4.70. The van der Waals surface area contributed by atoms with Crippen LogP contribution in [0.15, 0.2) is 24.3 Å². The van der Waals surface area contributed by atoms with E-state index in [1.54, 1.807) is 6.07 Å². The zero-order valence-corrected chi connectivity index (χ0v) is 8.46. The first kappa shape index (κ1) is 11.3. The molecule has 0 saturated heterocycles. The number of halogens is 1. The van der Waals surface area contributed by atoms with Crippen molar-refractivity contribution < 1.29 is 9.18 Å². The number of carbonyl (C=O) groups is 1. The van der Waals surface area contributed by atoms with Crippen LogP contribution in [0.1, 0.15) is 23.7 Å². The Hall–Kier alpha value is -1.82. The highest BCUT2D eigenvalue weighted by atomic mass is 19.1. The van der Waals surface area contributed by atoms with Gasteiger partial charge in [0.2, 0.25) is 0 Å². The van der Waals surface area contributed by atoms with Crippen molar-refractivity contribution in [2.45, 2.75) is 19.4 Å². The fraction of sp³-hybridized carbons (Fsp3) is 0.250. The summed E-state index contributed by atoms with van der Waals surface area (Å²) in [6, 6.07) is 5.19. The zero-order chi connectivity index (χ0) is 11.3. The van der Waals surface area contributed by atoms with E-state index in [1.807, 2.05) is 6.92 Å². The molecule has 1 atom stereocenters. The van der Waals surface area contributed by atoms with Crippen molar-refractivity contribution >= 4 is 5.91 Å². The Morgan fingerprint density at radius 1 is 1.67 bits per heavy atom. The Balaban J connectivity index is 2.74. The molecule has 15 heavy (non-hydrogen) atoms. The van der Waals surface area contributed by atoms with E-state index in [2.05, 4.69) is 11.2 Å². The van der Waals surface area contributed by atoms with Gasteiger partial charge in [-0.15, -0.1) is 6.42 Å². The summed E-state index contributed by atoms with van der Waals surface area (Å²) in [7, 11) is 0. The topological polar surface area (TPSA) is 29.1 Å². The van der Waals surface area contributed by atoms with Crippen LogP contribution < -0.4 is 5.32 Å². The van der Waals surface area contributed by atoms with Gasteiger partial charge >= 0.3 is 0 Å². The number of carbonyl (C=O) groups excluding carboxylic acids is 1. The molecule has 1 aromatic carbocycles. The van der Waals surface area contributed by atoms with Crippen LogP contribution in [-0.4, -0.2) is 11.9 Å². The molecule has 3 heteroatoms. The van der Waals surface area contributed by atoms with Gasteiger partial charge in [-0.05, 0) is 24.6 Å². The maximum Gasteiger partial charge on any atom is 0.252 e. The smallest absolute Gasteiger partial charge is 0.252 e. The number of hydrogen-bond acceptors (Lipinski definition) is 1. The molecule has 0 spiro atoms. The second-order valence-electron chi connectivity index (χ2n) is 3.11. The van der Waals surface area contributed by atoms with Gasteiger partial charge in [-0.1, -0.05) is 18.9 Å². The molecule has 0 aromatic heterocycles. The van der Waals surface area contributed by atoms with Gasteiger partial charge in [0.25, 0.3) is 5.91 Å². The fourth-order valence-electron chi connectivity index (χ4n) is 1.13. The predicted molar refractivity (Wildman–Crippen MR) is 56.8 cm³/mol. The van der Waals surface area contributed by atoms with Crippen molar-refractivity contribution in [2.24, 2.45) is 0 Å². The minimum absolute atomic E-state index is 0.281. The molecule has 0 aliphatic carbocycles. The zero-order valence-electron chi connectivity index (χ0n) is 8.46. The summed E-state index contributed by atoms with van der Waals surface area (Å²) in [4.78, 5) is 11.6. The number of amides is 1. The van der Waals surface area contributed by atoms with E-state index in [1.165, 1.54) is 18.2 Å². The first-order chi connectivity index (χ1) is 7.17. The van der Waals surface area contributed by atoms with E-state index < -0.39 is 5.82 Å². The number of benzene rings is 1. The average Bonchev–Trinajstić information content (AvgIpc) is 2.25. The van der Waals surface area contributed by atoms with Gasteiger partial charge in [0.15, 0.2) is 0 Å². The van der Waals surface area contributed by atoms with Gasteiger partial charge < -0.3 is 5.32 Å². The lowest BCUT2D eigenvalue weighted by Gasteiger charge is -2.10. The largest absolute Gasteiger partial charge is 0.338 e. The molecule has 78 valence electrons. The monoisotopic (exact) mass is 205 g/mol. The van der Waals surface area contributed by atoms with Gasteiger partial charge in [0.05, 0.1) is 6.04 Å². The van der Waals surface area contributed by atoms with Crippen molar-refractivity contribution in [2.75, 3.05) is 0 Å². The number of hydrogen-bond donors (Lipinski definition) is 1. The number of rotatable bonds is 3. The Bertz CT molecular complexity index is 395. The fourth-order valence-corrected chi connectivity index (χ4v) is 1.13. The number of nitrogens with one attached hydrogen (secondary N) is 1. The normalized spacial score (nSPS) is 11.5. The predicted octanol–water partition coefficient (Wildman–Crippen LogP) is 1.97. The molecule has 1 N–H and O–H groups in total. The summed E-state index contributed by atoms with van der Waals surface area (Å²) in [5.41, 5.74) is 0.281. The molecule has 0 bridgehead atoms. The van der Waals surface area contributed by atoms with Crippen LogP contribution in [0, 0.1) is 18.2 Å². The molecule has 2 nitrogen and oxygen atoms in total. The second-order valence-corrected chi connectivity index (χ2v) is 3.11. The summed E-state index contributed by atoms with van der Waals surface area (Å²) in [5.74, 6) is 1.66. The molecule has 0 fully saturated rings. The third-order valence-corrected chi connectivity index (χ3v) is 2.00. The van der Waals surface area contributed by atoms with Gasteiger partial charge in [-0.3, -0.25) is 4.79 Å². The van der Waals surface area contributed by atoms with Crippen molar-refractivity contribution in [1.82, 2.24) is 5.32 Å². The Morgan fingerprint density at radius 3 is 2.93 bits per heavy atom. The minimum atomic E-state index is -0.434. The van der Waals surface area contributed by atoms with E-state index in [4.69, 9.17) is 6.42 Å². The summed E-state index contributed by atoms with van der Waals surface area (Å²) < 4.78 is 12.8. The summed E-state index contributed by atoms with van der Waals surface area (Å²) in [6.45, 7) is 1.87. The Labute approximate surface area is 88.5 Å². The molecule has 1 amide bonds. The van der Waals surface area contributed by atoms with E-state index in [-0.39, 0.29) is 17.5 Å². The summed E-state index contributed by atoms with van der Waals surface area (Å²) in [5, 5.41) is 2.62. The van der Waals surface area contributed by atoms with Crippen LogP contribution in [0.3, 0.4) is 0 Å². The third kappa shape index (κ3) is 3.10. The van der Waals surface area contributed by atoms with Crippen LogP contribution in [0.4, 0.5) is 4.39 Å². The van der Waals surface area contributed by atoms with E-state index >= 15 is 0 Å². The van der Waals surface area contributed by atoms with E-state index in [9.17, 15) is 9.18 Å². The second kappa shape index (κ2) is 5.16. The van der Waals surface area contributed by atoms with E-state index in [0.29, 0.717) is 6.42 Å². The Morgan fingerprint density at radius 2 is 2.40 bits per heavy atom. The third-order valence-electron chi connectivity index (χ3n) is 2.00. The lowest BCUT2D eigenvalue weighted by molar-refractivity contribution is 0.0944. The van der Waals surface area contributed by atoms with Crippen LogP contribution in [0.25, 0.3) is 0 Å². The SMILES string of the molecule is C#CC(CC)NC(=O)c1cccc(F)c1. The highest BCUT2D eigenvalue weighted by Crippen LogP contribution is 2.03. The molecule has 0 aliphatic rings. The minimum Gasteiger partial charge on any atom is -0.338 e. The molecule has 0 heterocycles. The summed E-state index contributed by atoms with van der Waals surface area (Å²) >= 11 is 0. The van der Waals surface area contributed by atoms with Crippen LogP contribution >= 0.6 is 0 Å². The van der Waals surface area contributed by atoms with Crippen LogP contribution in [0.2, 0.25) is 0 Å². The molecular formula is C12H12FNO.